The Labute approximate surface area is 439 Å². The third-order valence-electron chi connectivity index (χ3n) is 13.3. The minimum atomic E-state index is -4.45. The number of hydrogen-bond acceptors (Lipinski definition) is 6. The lowest BCUT2D eigenvalue weighted by atomic mass is 10.0. The van der Waals surface area contributed by atoms with Gasteiger partial charge in [0.25, 0.3) is 0 Å². The predicted octanol–water partition coefficient (Wildman–Crippen LogP) is 18.1. The van der Waals surface area contributed by atoms with Crippen LogP contribution in [0.15, 0.2) is 48.6 Å². The van der Waals surface area contributed by atoms with Crippen LogP contribution in [0.3, 0.4) is 0 Å². The molecule has 0 fully saturated rings. The summed E-state index contributed by atoms with van der Waals surface area (Å²) in [7, 11) is 1.49. The zero-order chi connectivity index (χ0) is 52.2. The molecule has 0 aliphatic carbocycles. The van der Waals surface area contributed by atoms with Gasteiger partial charge in [0, 0.05) is 12.8 Å². The quantitative estimate of drug-likeness (QED) is 0.0156. The van der Waals surface area contributed by atoms with Gasteiger partial charge in [-0.2, -0.15) is 0 Å². The maximum Gasteiger partial charge on any atom is 0.472 e. The van der Waals surface area contributed by atoms with Crippen molar-refractivity contribution in [1.82, 2.24) is 5.32 Å². The number of allylic oxidation sites excluding steroid dienone is 7. The molecule has 3 unspecified atom stereocenters. The number of nitrogens with zero attached hydrogens (tertiary/aromatic N) is 1. The van der Waals surface area contributed by atoms with Gasteiger partial charge in [0.2, 0.25) is 5.91 Å². The van der Waals surface area contributed by atoms with Crippen molar-refractivity contribution in [2.24, 2.45) is 0 Å². The molecule has 0 aliphatic rings. The zero-order valence-electron chi connectivity index (χ0n) is 47.5. The van der Waals surface area contributed by atoms with Crippen molar-refractivity contribution in [3.8, 4) is 0 Å². The van der Waals surface area contributed by atoms with E-state index in [0.29, 0.717) is 17.4 Å². The number of ether oxygens (including phenoxy) is 1. The highest BCUT2D eigenvalue weighted by Crippen LogP contribution is 2.43. The van der Waals surface area contributed by atoms with Crippen LogP contribution in [0, 0.1) is 0 Å². The van der Waals surface area contributed by atoms with Crippen LogP contribution in [0.1, 0.15) is 278 Å². The second-order valence-corrected chi connectivity index (χ2v) is 23.0. The molecule has 0 radical (unpaired) electrons. The summed E-state index contributed by atoms with van der Waals surface area (Å²) in [5.41, 5.74) is 0. The summed E-state index contributed by atoms with van der Waals surface area (Å²) in [6.07, 6.45) is 62.4. The highest BCUT2D eigenvalue weighted by molar-refractivity contribution is 7.47. The summed E-state index contributed by atoms with van der Waals surface area (Å²) in [5.74, 6) is -0.509. The maximum absolute atomic E-state index is 13.5. The molecule has 71 heavy (non-hydrogen) atoms. The van der Waals surface area contributed by atoms with E-state index in [4.69, 9.17) is 13.8 Å². The molecule has 2 N–H and O–H groups in total. The highest BCUT2D eigenvalue weighted by Gasteiger charge is 2.30. The summed E-state index contributed by atoms with van der Waals surface area (Å²) in [6, 6.07) is -0.850. The molecule has 0 aromatic rings. The Bertz CT molecular complexity index is 1360. The summed E-state index contributed by atoms with van der Waals surface area (Å²) < 4.78 is 30.7. The molecule has 0 spiro atoms. The largest absolute Gasteiger partial charge is 0.472 e. The number of rotatable bonds is 54. The monoisotopic (exact) mass is 1020 g/mol. The van der Waals surface area contributed by atoms with Crippen molar-refractivity contribution in [2.75, 3.05) is 40.9 Å². The van der Waals surface area contributed by atoms with E-state index in [-0.39, 0.29) is 31.5 Å². The SMILES string of the molecule is CC/C=C/C=C/C=C/CCCCCCCCCC(=O)OC(/C=C/CCCCCCCCCCCCC)C(COP(=O)(O)OCC[N+](C)(C)C)NC(=O)CCCCCCCCCCCCCCCCCCC. The first-order valence-electron chi connectivity index (χ1n) is 30.0. The average molecular weight is 1020 g/mol. The molecule has 0 aromatic carbocycles. The lowest BCUT2D eigenvalue weighted by molar-refractivity contribution is -0.870. The fourth-order valence-corrected chi connectivity index (χ4v) is 9.44. The molecule has 0 rings (SSSR count). The first-order chi connectivity index (χ1) is 34.4. The van der Waals surface area contributed by atoms with Gasteiger partial charge in [0.05, 0.1) is 33.8 Å². The molecular formula is C61H116N2O7P+. The lowest BCUT2D eigenvalue weighted by Gasteiger charge is -2.27. The number of phosphoric ester groups is 1. The van der Waals surface area contributed by atoms with Crippen LogP contribution in [0.2, 0.25) is 0 Å². The smallest absolute Gasteiger partial charge is 0.456 e. The molecule has 9 nitrogen and oxygen atoms in total. The van der Waals surface area contributed by atoms with Crippen molar-refractivity contribution in [3.05, 3.63) is 48.6 Å². The number of amides is 1. The van der Waals surface area contributed by atoms with Crippen molar-refractivity contribution in [1.29, 1.82) is 0 Å². The van der Waals surface area contributed by atoms with Gasteiger partial charge in [-0.25, -0.2) is 4.57 Å². The molecule has 0 bridgehead atoms. The van der Waals surface area contributed by atoms with Gasteiger partial charge in [0.15, 0.2) is 0 Å². The summed E-state index contributed by atoms with van der Waals surface area (Å²) in [6.45, 7) is 6.90. The molecule has 0 saturated carbocycles. The first-order valence-corrected chi connectivity index (χ1v) is 31.5. The highest BCUT2D eigenvalue weighted by atomic mass is 31.2. The molecule has 0 saturated heterocycles. The number of quaternary nitrogens is 1. The van der Waals surface area contributed by atoms with Crippen molar-refractivity contribution in [2.45, 2.75) is 290 Å². The van der Waals surface area contributed by atoms with Crippen LogP contribution in [0.4, 0.5) is 0 Å². The van der Waals surface area contributed by atoms with E-state index in [9.17, 15) is 19.0 Å². The summed E-state index contributed by atoms with van der Waals surface area (Å²) >= 11 is 0. The molecule has 0 aliphatic heterocycles. The third kappa shape index (κ3) is 52.6. The predicted molar refractivity (Wildman–Crippen MR) is 305 cm³/mol. The second kappa shape index (κ2) is 51.5. The van der Waals surface area contributed by atoms with E-state index in [1.54, 1.807) is 0 Å². The fraction of sp³-hybridized carbons (Fsp3) is 0.836. The fourth-order valence-electron chi connectivity index (χ4n) is 8.71. The summed E-state index contributed by atoms with van der Waals surface area (Å²) in [5, 5.41) is 3.06. The van der Waals surface area contributed by atoms with E-state index < -0.39 is 20.0 Å². The normalized spacial score (nSPS) is 14.1. The number of carbonyl (C=O) groups excluding carboxylic acids is 2. The molecule has 416 valence electrons. The third-order valence-corrected chi connectivity index (χ3v) is 14.3. The number of carbonyl (C=O) groups is 2. The van der Waals surface area contributed by atoms with Crippen LogP contribution < -0.4 is 5.32 Å². The number of unbranched alkanes of at least 4 members (excludes halogenated alkanes) is 34. The van der Waals surface area contributed by atoms with Gasteiger partial charge in [-0.05, 0) is 51.0 Å². The Morgan fingerprint density at radius 3 is 1.34 bits per heavy atom. The Hall–Kier alpha value is -2.03. The van der Waals surface area contributed by atoms with Gasteiger partial charge in [-0.15, -0.1) is 0 Å². The van der Waals surface area contributed by atoms with Crippen LogP contribution in [0.5, 0.6) is 0 Å². The Morgan fingerprint density at radius 1 is 0.507 bits per heavy atom. The maximum atomic E-state index is 13.5. The van der Waals surface area contributed by atoms with Crippen LogP contribution in [-0.2, 0) is 27.9 Å². The van der Waals surface area contributed by atoms with Crippen LogP contribution >= 0.6 is 7.82 Å². The number of esters is 1. The van der Waals surface area contributed by atoms with Gasteiger partial charge in [0.1, 0.15) is 19.3 Å². The van der Waals surface area contributed by atoms with Gasteiger partial charge in [-0.3, -0.25) is 18.6 Å². The Morgan fingerprint density at radius 2 is 0.901 bits per heavy atom. The van der Waals surface area contributed by atoms with E-state index in [0.717, 1.165) is 77.0 Å². The second-order valence-electron chi connectivity index (χ2n) is 21.6. The van der Waals surface area contributed by atoms with Crippen LogP contribution in [0.25, 0.3) is 0 Å². The number of nitrogens with one attached hydrogen (secondary N) is 1. The number of hydrogen-bond donors (Lipinski definition) is 2. The summed E-state index contributed by atoms with van der Waals surface area (Å²) in [4.78, 5) is 37.6. The van der Waals surface area contributed by atoms with Gasteiger partial charge >= 0.3 is 13.8 Å². The standard InChI is InChI=1S/C61H115N2O7P/c1-7-10-13-16-19-22-25-28-30-31-33-35-38-41-44-47-50-53-60(64)62-58(57-69-71(66,67)68-56-55-63(4,5)6)59(52-49-46-43-40-37-34-27-24-21-18-15-12-9-3)70-61(65)54-51-48-45-42-39-36-32-29-26-23-20-17-14-11-8-2/h11,14,17,20,23,26,49,52,58-59H,7-10,12-13,15-16,18-19,21-22,24-25,27-48,50-51,53-57H2,1-6H3,(H-,62,64,66,67)/p+1/b14-11+,20-17+,26-23+,52-49+. The average Bonchev–Trinajstić information content (AvgIpc) is 3.33. The molecule has 0 heterocycles. The van der Waals surface area contributed by atoms with Crippen molar-refractivity contribution in [3.63, 3.8) is 0 Å². The van der Waals surface area contributed by atoms with Crippen LogP contribution in [-0.4, -0.2) is 74.3 Å². The molecule has 3 atom stereocenters. The molecular weight excluding hydrogens is 904 g/mol. The molecule has 0 aromatic heterocycles. The van der Waals surface area contributed by atoms with E-state index in [1.165, 1.54) is 167 Å². The lowest BCUT2D eigenvalue weighted by Crippen LogP contribution is -2.47. The van der Waals surface area contributed by atoms with E-state index in [2.05, 4.69) is 62.5 Å². The Kier molecular flexibility index (Phi) is 50.0. The molecule has 1 amide bonds. The number of likely N-dealkylation sites (N-methyl/N-ethyl adjacent to an activating group) is 1. The first kappa shape index (κ1) is 69.0. The van der Waals surface area contributed by atoms with Gasteiger partial charge in [-0.1, -0.05) is 262 Å². The Balaban J connectivity index is 5.32. The molecule has 10 heteroatoms. The minimum absolute atomic E-state index is 0.0392. The van der Waals surface area contributed by atoms with E-state index >= 15 is 0 Å². The topological polar surface area (TPSA) is 111 Å². The minimum Gasteiger partial charge on any atom is -0.456 e. The zero-order valence-corrected chi connectivity index (χ0v) is 48.4. The van der Waals surface area contributed by atoms with Gasteiger partial charge < -0.3 is 19.4 Å². The number of phosphoric acid groups is 1. The van der Waals surface area contributed by atoms with Crippen molar-refractivity contribution < 1.29 is 37.3 Å². The van der Waals surface area contributed by atoms with E-state index in [1.807, 2.05) is 33.3 Å². The van der Waals surface area contributed by atoms with Crippen molar-refractivity contribution >= 4 is 19.7 Å².